The molecule has 0 aliphatic carbocycles. The lowest BCUT2D eigenvalue weighted by Crippen LogP contribution is -2.31. The molecule has 0 unspecified atom stereocenters. The summed E-state index contributed by atoms with van der Waals surface area (Å²) in [5.41, 5.74) is 2.52. The second-order valence-electron chi connectivity index (χ2n) is 6.12. The second kappa shape index (κ2) is 8.25. The molecule has 6 heteroatoms. The summed E-state index contributed by atoms with van der Waals surface area (Å²) in [6.45, 7) is 5.76. The highest BCUT2D eigenvalue weighted by Gasteiger charge is 2.30. The topological polar surface area (TPSA) is 76.1 Å². The van der Waals surface area contributed by atoms with Gasteiger partial charge in [0.05, 0.1) is 4.90 Å². The third kappa shape index (κ3) is 4.66. The molecule has 1 aromatic carbocycles. The van der Waals surface area contributed by atoms with Crippen LogP contribution in [0.5, 0.6) is 0 Å². The highest BCUT2D eigenvalue weighted by molar-refractivity contribution is 7.91. The number of aromatic nitrogens is 1. The third-order valence-corrected chi connectivity index (χ3v) is 6.30. The molecular weight excluding hydrogens is 336 g/mol. The molecule has 1 amide bonds. The van der Waals surface area contributed by atoms with Crippen molar-refractivity contribution in [1.29, 1.82) is 0 Å². The van der Waals surface area contributed by atoms with E-state index in [-0.39, 0.29) is 17.3 Å². The van der Waals surface area contributed by atoms with Crippen molar-refractivity contribution in [1.82, 2.24) is 10.3 Å². The first-order valence-corrected chi connectivity index (χ1v) is 9.88. The fraction of sp³-hybridized carbons (Fsp3) is 0.368. The van der Waals surface area contributed by atoms with Crippen LogP contribution in [0, 0.1) is 13.8 Å². The van der Waals surface area contributed by atoms with Gasteiger partial charge < -0.3 is 5.32 Å². The molecule has 2 aromatic rings. The number of carbonyl (C=O) groups excluding carboxylic acids is 1. The monoisotopic (exact) mass is 360 g/mol. The maximum absolute atomic E-state index is 13.2. The van der Waals surface area contributed by atoms with Gasteiger partial charge in [-0.05, 0) is 55.2 Å². The van der Waals surface area contributed by atoms with Gasteiger partial charge in [0.15, 0.2) is 9.84 Å². The van der Waals surface area contributed by atoms with Crippen LogP contribution in [0.25, 0.3) is 0 Å². The van der Waals surface area contributed by atoms with Gasteiger partial charge in [0.1, 0.15) is 5.25 Å². The zero-order valence-electron chi connectivity index (χ0n) is 14.8. The lowest BCUT2D eigenvalue weighted by Gasteiger charge is -2.19. The fourth-order valence-corrected chi connectivity index (χ4v) is 4.28. The Morgan fingerprint density at radius 2 is 1.96 bits per heavy atom. The van der Waals surface area contributed by atoms with E-state index in [2.05, 4.69) is 10.3 Å². The molecule has 0 spiro atoms. The van der Waals surface area contributed by atoms with E-state index in [1.54, 1.807) is 36.5 Å². The Morgan fingerprint density at radius 3 is 2.56 bits per heavy atom. The summed E-state index contributed by atoms with van der Waals surface area (Å²) in [4.78, 5) is 16.1. The van der Waals surface area contributed by atoms with E-state index >= 15 is 0 Å². The molecule has 0 saturated heterocycles. The first kappa shape index (κ1) is 19.1. The predicted octanol–water partition coefficient (Wildman–Crippen LogP) is 3.13. The molecule has 5 nitrogen and oxygen atoms in total. The van der Waals surface area contributed by atoms with Crippen molar-refractivity contribution >= 4 is 15.7 Å². The number of rotatable bonds is 7. The van der Waals surface area contributed by atoms with Gasteiger partial charge in [0.2, 0.25) is 5.91 Å². The molecule has 0 bridgehead atoms. The summed E-state index contributed by atoms with van der Waals surface area (Å²) in [5, 5.41) is 1.87. The Labute approximate surface area is 149 Å². The molecule has 0 aliphatic heterocycles. The molecule has 0 radical (unpaired) electrons. The third-order valence-electron chi connectivity index (χ3n) is 4.20. The molecule has 0 saturated carbocycles. The van der Waals surface area contributed by atoms with E-state index in [0.717, 1.165) is 11.1 Å². The summed E-state index contributed by atoms with van der Waals surface area (Å²) in [5.74, 6) is -0.147. The fourth-order valence-electron chi connectivity index (χ4n) is 2.55. The van der Waals surface area contributed by atoms with E-state index < -0.39 is 15.1 Å². The SMILES string of the molecule is CCCC(=O)NC[C@@H](c1cccnc1)S(=O)(=O)c1ccc(C)c(C)c1. The Hall–Kier alpha value is -2.21. The maximum atomic E-state index is 13.2. The van der Waals surface area contributed by atoms with Crippen LogP contribution in [0.3, 0.4) is 0 Å². The average molecular weight is 360 g/mol. The number of carbonyl (C=O) groups is 1. The van der Waals surface area contributed by atoms with Gasteiger partial charge in [-0.1, -0.05) is 19.1 Å². The average Bonchev–Trinajstić information content (AvgIpc) is 2.58. The number of pyridine rings is 1. The number of aryl methyl sites for hydroxylation is 2. The van der Waals surface area contributed by atoms with Crippen LogP contribution in [0.15, 0.2) is 47.6 Å². The molecule has 0 aliphatic rings. The molecule has 1 heterocycles. The molecular formula is C19H24N2O3S. The minimum Gasteiger partial charge on any atom is -0.354 e. The van der Waals surface area contributed by atoms with Gasteiger partial charge in [0, 0.05) is 25.4 Å². The number of hydrogen-bond acceptors (Lipinski definition) is 4. The van der Waals surface area contributed by atoms with Crippen LogP contribution < -0.4 is 5.32 Å². The number of benzene rings is 1. The van der Waals surface area contributed by atoms with E-state index in [1.165, 1.54) is 6.20 Å². The van der Waals surface area contributed by atoms with Crippen LogP contribution >= 0.6 is 0 Å². The van der Waals surface area contributed by atoms with E-state index in [1.807, 2.05) is 20.8 Å². The standard InChI is InChI=1S/C19H24N2O3S/c1-4-6-19(22)21-13-18(16-7-5-10-20-12-16)25(23,24)17-9-8-14(2)15(3)11-17/h5,7-12,18H,4,6,13H2,1-3H3,(H,21,22)/t18-/m0/s1. The maximum Gasteiger partial charge on any atom is 0.220 e. The number of nitrogens with zero attached hydrogens (tertiary/aromatic N) is 1. The van der Waals surface area contributed by atoms with Gasteiger partial charge in [-0.15, -0.1) is 0 Å². The number of amides is 1. The quantitative estimate of drug-likeness (QED) is 0.823. The summed E-state index contributed by atoms with van der Waals surface area (Å²) >= 11 is 0. The zero-order chi connectivity index (χ0) is 18.4. The van der Waals surface area contributed by atoms with E-state index in [9.17, 15) is 13.2 Å². The van der Waals surface area contributed by atoms with Crippen molar-refractivity contribution < 1.29 is 13.2 Å². The number of nitrogens with one attached hydrogen (secondary N) is 1. The molecule has 25 heavy (non-hydrogen) atoms. The van der Waals surface area contributed by atoms with Gasteiger partial charge >= 0.3 is 0 Å². The molecule has 2 rings (SSSR count). The van der Waals surface area contributed by atoms with Crippen molar-refractivity contribution in [2.75, 3.05) is 6.54 Å². The lowest BCUT2D eigenvalue weighted by molar-refractivity contribution is -0.121. The normalized spacial score (nSPS) is 12.6. The Bertz CT molecular complexity index is 833. The van der Waals surface area contributed by atoms with Crippen molar-refractivity contribution in [3.63, 3.8) is 0 Å². The van der Waals surface area contributed by atoms with Crippen LogP contribution in [-0.4, -0.2) is 25.9 Å². The van der Waals surface area contributed by atoms with Gasteiger partial charge in [-0.25, -0.2) is 8.42 Å². The van der Waals surface area contributed by atoms with E-state index in [4.69, 9.17) is 0 Å². The summed E-state index contributed by atoms with van der Waals surface area (Å²) in [6.07, 6.45) is 4.23. The van der Waals surface area contributed by atoms with Gasteiger partial charge in [0.25, 0.3) is 0 Å². The van der Waals surface area contributed by atoms with Crippen molar-refractivity contribution in [2.45, 2.75) is 43.8 Å². The smallest absolute Gasteiger partial charge is 0.220 e. The molecule has 0 fully saturated rings. The van der Waals surface area contributed by atoms with Crippen LogP contribution in [0.2, 0.25) is 0 Å². The number of sulfone groups is 1. The van der Waals surface area contributed by atoms with Gasteiger partial charge in [-0.3, -0.25) is 9.78 Å². The van der Waals surface area contributed by atoms with Crippen LogP contribution in [-0.2, 0) is 14.6 Å². The Kier molecular flexibility index (Phi) is 6.31. The minimum absolute atomic E-state index is 0.0276. The van der Waals surface area contributed by atoms with Gasteiger partial charge in [-0.2, -0.15) is 0 Å². The Balaban J connectivity index is 2.39. The molecule has 1 aromatic heterocycles. The minimum atomic E-state index is -3.66. The highest BCUT2D eigenvalue weighted by atomic mass is 32.2. The largest absolute Gasteiger partial charge is 0.354 e. The van der Waals surface area contributed by atoms with Crippen LogP contribution in [0.4, 0.5) is 0 Å². The summed E-state index contributed by atoms with van der Waals surface area (Å²) in [7, 11) is -3.66. The van der Waals surface area contributed by atoms with E-state index in [0.29, 0.717) is 18.4 Å². The van der Waals surface area contributed by atoms with Crippen molar-refractivity contribution in [3.05, 3.63) is 59.4 Å². The Morgan fingerprint density at radius 1 is 1.20 bits per heavy atom. The molecule has 1 N–H and O–H groups in total. The van der Waals surface area contributed by atoms with Crippen LogP contribution in [0.1, 0.15) is 41.7 Å². The molecule has 1 atom stereocenters. The molecule has 134 valence electrons. The summed E-state index contributed by atoms with van der Waals surface area (Å²) < 4.78 is 26.4. The number of hydrogen-bond donors (Lipinski definition) is 1. The lowest BCUT2D eigenvalue weighted by atomic mass is 10.1. The zero-order valence-corrected chi connectivity index (χ0v) is 15.6. The van der Waals surface area contributed by atoms with Crippen molar-refractivity contribution in [2.24, 2.45) is 0 Å². The summed E-state index contributed by atoms with van der Waals surface area (Å²) in [6, 6.07) is 8.53. The second-order valence-corrected chi connectivity index (χ2v) is 8.25. The van der Waals surface area contributed by atoms with Crippen molar-refractivity contribution in [3.8, 4) is 0 Å². The predicted molar refractivity (Wildman–Crippen MR) is 98.0 cm³/mol. The first-order chi connectivity index (χ1) is 11.9. The highest BCUT2D eigenvalue weighted by Crippen LogP contribution is 2.29. The first-order valence-electron chi connectivity index (χ1n) is 8.34.